The molecule has 1 aromatic heterocycles. The van der Waals surface area contributed by atoms with Gasteiger partial charge in [-0.1, -0.05) is 30.3 Å². The molecule has 2 rings (SSSR count). The van der Waals surface area contributed by atoms with Crippen molar-refractivity contribution in [2.75, 3.05) is 0 Å². The van der Waals surface area contributed by atoms with Crippen LogP contribution in [-0.2, 0) is 0 Å². The second kappa shape index (κ2) is 4.77. The van der Waals surface area contributed by atoms with Crippen molar-refractivity contribution in [1.29, 1.82) is 0 Å². The molecule has 2 heteroatoms. The summed E-state index contributed by atoms with van der Waals surface area (Å²) in [5, 5.41) is 0. The quantitative estimate of drug-likeness (QED) is 0.695. The van der Waals surface area contributed by atoms with Crippen molar-refractivity contribution in [2.24, 2.45) is 0 Å². The highest BCUT2D eigenvalue weighted by Crippen LogP contribution is 2.16. The van der Waals surface area contributed by atoms with Crippen LogP contribution in [0.2, 0.25) is 0 Å². The van der Waals surface area contributed by atoms with Gasteiger partial charge in [0, 0.05) is 11.8 Å². The lowest BCUT2D eigenvalue weighted by molar-refractivity contribution is 1.29. The van der Waals surface area contributed by atoms with Gasteiger partial charge in [0.15, 0.2) is 0 Å². The zero-order chi connectivity index (χ0) is 9.10. The van der Waals surface area contributed by atoms with E-state index in [4.69, 9.17) is 0 Å². The molecule has 14 heavy (non-hydrogen) atoms. The largest absolute Gasteiger partial charge is 0.256 e. The van der Waals surface area contributed by atoms with Crippen molar-refractivity contribution in [3.63, 3.8) is 0 Å². The van der Waals surface area contributed by atoms with Gasteiger partial charge >= 0.3 is 0 Å². The summed E-state index contributed by atoms with van der Waals surface area (Å²) in [6.45, 7) is 2.08. The molecular weight excluding hydrogens is 194 g/mol. The van der Waals surface area contributed by atoms with Gasteiger partial charge in [0.25, 0.3) is 0 Å². The lowest BCUT2D eigenvalue weighted by atomic mass is 10.1. The molecular formula is C12H12ClN. The third kappa shape index (κ3) is 2.33. The number of benzene rings is 1. The first-order valence-electron chi connectivity index (χ1n) is 4.34. The van der Waals surface area contributed by atoms with Crippen molar-refractivity contribution in [3.8, 4) is 11.3 Å². The molecule has 1 heterocycles. The fourth-order valence-electron chi connectivity index (χ4n) is 1.30. The van der Waals surface area contributed by atoms with Crippen LogP contribution in [-0.4, -0.2) is 4.98 Å². The Kier molecular flexibility index (Phi) is 3.66. The molecule has 0 atom stereocenters. The van der Waals surface area contributed by atoms with E-state index in [1.807, 2.05) is 30.5 Å². The average Bonchev–Trinajstić information content (AvgIpc) is 2.19. The number of pyridine rings is 1. The van der Waals surface area contributed by atoms with Crippen LogP contribution in [0.3, 0.4) is 0 Å². The van der Waals surface area contributed by atoms with E-state index in [0.29, 0.717) is 0 Å². The van der Waals surface area contributed by atoms with E-state index in [9.17, 15) is 0 Å². The summed E-state index contributed by atoms with van der Waals surface area (Å²) in [6, 6.07) is 14.3. The maximum atomic E-state index is 4.31. The van der Waals surface area contributed by atoms with Gasteiger partial charge < -0.3 is 0 Å². The predicted molar refractivity (Wildman–Crippen MR) is 61.7 cm³/mol. The van der Waals surface area contributed by atoms with Crippen LogP contribution in [0, 0.1) is 6.92 Å². The van der Waals surface area contributed by atoms with Crippen LogP contribution in [0.4, 0.5) is 0 Å². The summed E-state index contributed by atoms with van der Waals surface area (Å²) in [7, 11) is 0. The number of hydrogen-bond acceptors (Lipinski definition) is 1. The molecule has 0 bridgehead atoms. The molecule has 0 saturated carbocycles. The maximum Gasteiger partial charge on any atom is 0.0704 e. The van der Waals surface area contributed by atoms with Crippen molar-refractivity contribution < 1.29 is 0 Å². The second-order valence-electron chi connectivity index (χ2n) is 3.08. The monoisotopic (exact) mass is 205 g/mol. The van der Waals surface area contributed by atoms with Crippen LogP contribution in [0.5, 0.6) is 0 Å². The number of aromatic nitrogens is 1. The van der Waals surface area contributed by atoms with Gasteiger partial charge in [-0.3, -0.25) is 4.98 Å². The zero-order valence-corrected chi connectivity index (χ0v) is 8.79. The van der Waals surface area contributed by atoms with Crippen molar-refractivity contribution in [1.82, 2.24) is 4.98 Å². The Labute approximate surface area is 90.2 Å². The molecule has 0 radical (unpaired) electrons. The molecule has 72 valence electrons. The molecule has 1 nitrogen and oxygen atoms in total. The van der Waals surface area contributed by atoms with E-state index in [0.717, 1.165) is 5.69 Å². The Bertz CT molecular complexity index is 398. The smallest absolute Gasteiger partial charge is 0.0704 e. The predicted octanol–water partition coefficient (Wildman–Crippen LogP) is 3.48. The van der Waals surface area contributed by atoms with Gasteiger partial charge in [0.1, 0.15) is 0 Å². The SMILES string of the molecule is Cc1ccnc(-c2ccccc2)c1.Cl. The summed E-state index contributed by atoms with van der Waals surface area (Å²) < 4.78 is 0. The maximum absolute atomic E-state index is 4.31. The molecule has 0 N–H and O–H groups in total. The van der Waals surface area contributed by atoms with Crippen LogP contribution in [0.15, 0.2) is 48.7 Å². The molecule has 0 fully saturated rings. The van der Waals surface area contributed by atoms with Gasteiger partial charge in [-0.05, 0) is 24.6 Å². The molecule has 1 aromatic carbocycles. The minimum Gasteiger partial charge on any atom is -0.256 e. The van der Waals surface area contributed by atoms with E-state index in [2.05, 4.69) is 30.1 Å². The van der Waals surface area contributed by atoms with Crippen LogP contribution in [0.1, 0.15) is 5.56 Å². The number of hydrogen-bond donors (Lipinski definition) is 0. The van der Waals surface area contributed by atoms with E-state index < -0.39 is 0 Å². The molecule has 0 spiro atoms. The Morgan fingerprint density at radius 1 is 1.00 bits per heavy atom. The first-order valence-corrected chi connectivity index (χ1v) is 4.34. The number of halogens is 1. The third-order valence-corrected chi connectivity index (χ3v) is 1.98. The molecule has 0 amide bonds. The average molecular weight is 206 g/mol. The topological polar surface area (TPSA) is 12.9 Å². The van der Waals surface area contributed by atoms with Crippen LogP contribution < -0.4 is 0 Å². The summed E-state index contributed by atoms with van der Waals surface area (Å²) in [5.41, 5.74) is 3.46. The first-order chi connectivity index (χ1) is 6.36. The standard InChI is InChI=1S/C12H11N.ClH/c1-10-7-8-13-12(9-10)11-5-3-2-4-6-11;/h2-9H,1H3;1H. The summed E-state index contributed by atoms with van der Waals surface area (Å²) in [4.78, 5) is 4.31. The number of rotatable bonds is 1. The molecule has 0 aliphatic carbocycles. The second-order valence-corrected chi connectivity index (χ2v) is 3.08. The number of aryl methyl sites for hydroxylation is 1. The van der Waals surface area contributed by atoms with E-state index in [1.54, 1.807) is 0 Å². The summed E-state index contributed by atoms with van der Waals surface area (Å²) >= 11 is 0. The van der Waals surface area contributed by atoms with Gasteiger partial charge in [-0.25, -0.2) is 0 Å². The minimum atomic E-state index is 0. The minimum absolute atomic E-state index is 0. The Morgan fingerprint density at radius 3 is 2.36 bits per heavy atom. The molecule has 0 aliphatic rings. The fraction of sp³-hybridized carbons (Fsp3) is 0.0833. The van der Waals surface area contributed by atoms with Gasteiger partial charge in [0.05, 0.1) is 5.69 Å². The summed E-state index contributed by atoms with van der Waals surface area (Å²) in [5.74, 6) is 0. The normalized spacial score (nSPS) is 9.21. The lowest BCUT2D eigenvalue weighted by Crippen LogP contribution is -1.82. The lowest BCUT2D eigenvalue weighted by Gasteiger charge is -2.00. The van der Waals surface area contributed by atoms with E-state index in [-0.39, 0.29) is 12.4 Å². The molecule has 2 aromatic rings. The zero-order valence-electron chi connectivity index (χ0n) is 7.97. The Balaban J connectivity index is 0.000000980. The molecule has 0 aliphatic heterocycles. The van der Waals surface area contributed by atoms with Crippen molar-refractivity contribution >= 4 is 12.4 Å². The Hall–Kier alpha value is -1.34. The molecule has 0 saturated heterocycles. The van der Waals surface area contributed by atoms with Crippen LogP contribution >= 0.6 is 12.4 Å². The van der Waals surface area contributed by atoms with Gasteiger partial charge in [-0.15, -0.1) is 12.4 Å². The van der Waals surface area contributed by atoms with Crippen molar-refractivity contribution in [2.45, 2.75) is 6.92 Å². The van der Waals surface area contributed by atoms with E-state index in [1.165, 1.54) is 11.1 Å². The number of nitrogens with zero attached hydrogens (tertiary/aromatic N) is 1. The van der Waals surface area contributed by atoms with Gasteiger partial charge in [0.2, 0.25) is 0 Å². The Morgan fingerprint density at radius 2 is 1.71 bits per heavy atom. The highest BCUT2D eigenvalue weighted by Gasteiger charge is 1.96. The summed E-state index contributed by atoms with van der Waals surface area (Å²) in [6.07, 6.45) is 1.84. The fourth-order valence-corrected chi connectivity index (χ4v) is 1.30. The van der Waals surface area contributed by atoms with E-state index >= 15 is 0 Å². The van der Waals surface area contributed by atoms with Crippen LogP contribution in [0.25, 0.3) is 11.3 Å². The highest BCUT2D eigenvalue weighted by molar-refractivity contribution is 5.85. The van der Waals surface area contributed by atoms with Gasteiger partial charge in [-0.2, -0.15) is 0 Å². The molecule has 0 unspecified atom stereocenters. The first kappa shape index (κ1) is 10.7. The van der Waals surface area contributed by atoms with Crippen molar-refractivity contribution in [3.05, 3.63) is 54.2 Å². The third-order valence-electron chi connectivity index (χ3n) is 1.98. The highest BCUT2D eigenvalue weighted by atomic mass is 35.5.